The van der Waals surface area contributed by atoms with Crippen LogP contribution in [0.1, 0.15) is 17.0 Å². The molecule has 1 aromatic carbocycles. The Kier molecular flexibility index (Phi) is 5.13. The topological polar surface area (TPSA) is 36.3 Å². The number of aryl methyl sites for hydroxylation is 2. The fraction of sp³-hybridized carbons (Fsp3) is 0.312. The van der Waals surface area contributed by atoms with Gasteiger partial charge in [0.05, 0.1) is 29.9 Å². The van der Waals surface area contributed by atoms with E-state index < -0.39 is 0 Å². The van der Waals surface area contributed by atoms with Crippen molar-refractivity contribution in [2.24, 2.45) is 7.05 Å². The summed E-state index contributed by atoms with van der Waals surface area (Å²) in [6, 6.07) is 7.52. The number of rotatable bonds is 4. The van der Waals surface area contributed by atoms with Gasteiger partial charge in [-0.3, -0.25) is 4.68 Å². The summed E-state index contributed by atoms with van der Waals surface area (Å²) in [5.74, 6) is 7.53. The van der Waals surface area contributed by atoms with Gasteiger partial charge in [-0.25, -0.2) is 0 Å². The van der Waals surface area contributed by atoms with Crippen LogP contribution in [0.5, 0.6) is 11.5 Å². The maximum Gasteiger partial charge on any atom is 0.135 e. The molecule has 0 saturated carbocycles. The monoisotopic (exact) mass is 304 g/mol. The molecule has 0 aliphatic heterocycles. The molecule has 4 nitrogen and oxygen atoms in total. The van der Waals surface area contributed by atoms with E-state index in [0.29, 0.717) is 12.4 Å². The zero-order valence-corrected chi connectivity index (χ0v) is 13.1. The average Bonchev–Trinajstić information content (AvgIpc) is 2.81. The molecule has 21 heavy (non-hydrogen) atoms. The third kappa shape index (κ3) is 3.93. The van der Waals surface area contributed by atoms with Gasteiger partial charge in [-0.2, -0.15) is 5.10 Å². The van der Waals surface area contributed by atoms with E-state index in [9.17, 15) is 0 Å². The second kappa shape index (κ2) is 7.05. The molecule has 110 valence electrons. The van der Waals surface area contributed by atoms with Crippen LogP contribution in [0.2, 0.25) is 0 Å². The van der Waals surface area contributed by atoms with Crippen LogP contribution in [-0.2, 0) is 13.7 Å². The summed E-state index contributed by atoms with van der Waals surface area (Å²) in [5.41, 5.74) is 2.72. The van der Waals surface area contributed by atoms with Crippen molar-refractivity contribution in [1.82, 2.24) is 9.78 Å². The second-order valence-electron chi connectivity index (χ2n) is 4.49. The number of aromatic nitrogens is 2. The largest absolute Gasteiger partial charge is 0.497 e. The van der Waals surface area contributed by atoms with E-state index >= 15 is 0 Å². The molecule has 0 N–H and O–H groups in total. The Bertz CT molecular complexity index is 683. The first-order chi connectivity index (χ1) is 10.1. The predicted octanol–water partition coefficient (Wildman–Crippen LogP) is 2.91. The number of methoxy groups -OCH3 is 1. The molecule has 0 amide bonds. The van der Waals surface area contributed by atoms with Crippen molar-refractivity contribution in [2.75, 3.05) is 13.0 Å². The Hall–Kier alpha value is -2.12. The first-order valence-corrected chi connectivity index (χ1v) is 7.02. The summed E-state index contributed by atoms with van der Waals surface area (Å²) < 4.78 is 12.9. The third-order valence-corrected chi connectivity index (χ3v) is 3.08. The van der Waals surface area contributed by atoms with Gasteiger partial charge < -0.3 is 9.47 Å². The molecular weight excluding hydrogens is 288 g/mol. The van der Waals surface area contributed by atoms with Gasteiger partial charge in [-0.15, -0.1) is 11.6 Å². The molecule has 2 rings (SSSR count). The fourth-order valence-electron chi connectivity index (χ4n) is 1.94. The second-order valence-corrected chi connectivity index (χ2v) is 4.75. The maximum absolute atomic E-state index is 5.85. The van der Waals surface area contributed by atoms with Gasteiger partial charge in [-0.05, 0) is 31.2 Å². The van der Waals surface area contributed by atoms with Crippen LogP contribution in [0, 0.1) is 18.8 Å². The van der Waals surface area contributed by atoms with Gasteiger partial charge in [0.2, 0.25) is 0 Å². The molecule has 0 bridgehead atoms. The lowest BCUT2D eigenvalue weighted by Crippen LogP contribution is -2.04. The number of hydrogen-bond donors (Lipinski definition) is 0. The molecule has 1 aromatic heterocycles. The first-order valence-electron chi connectivity index (χ1n) is 6.49. The number of hydrogen-bond acceptors (Lipinski definition) is 3. The molecule has 0 unspecified atom stereocenters. The van der Waals surface area contributed by atoms with E-state index in [0.717, 1.165) is 22.7 Å². The van der Waals surface area contributed by atoms with E-state index in [1.807, 2.05) is 42.9 Å². The highest BCUT2D eigenvalue weighted by Gasteiger charge is 2.07. The molecule has 2 aromatic rings. The molecule has 0 spiro atoms. The zero-order chi connectivity index (χ0) is 15.2. The van der Waals surface area contributed by atoms with E-state index in [1.165, 1.54) is 0 Å². The van der Waals surface area contributed by atoms with Gasteiger partial charge in [0.15, 0.2) is 0 Å². The highest BCUT2D eigenvalue weighted by Crippen LogP contribution is 2.24. The van der Waals surface area contributed by atoms with Crippen molar-refractivity contribution in [3.05, 3.63) is 41.2 Å². The quantitative estimate of drug-likeness (QED) is 0.644. The average molecular weight is 305 g/mol. The van der Waals surface area contributed by atoms with Crippen LogP contribution in [0.25, 0.3) is 0 Å². The van der Waals surface area contributed by atoms with E-state index in [2.05, 4.69) is 16.9 Å². The molecule has 5 heteroatoms. The number of halogens is 1. The van der Waals surface area contributed by atoms with Gasteiger partial charge in [0.1, 0.15) is 18.1 Å². The molecular formula is C16H17ClN2O2. The fourth-order valence-corrected chi connectivity index (χ4v) is 2.01. The summed E-state index contributed by atoms with van der Waals surface area (Å²) in [5, 5.41) is 4.29. The summed E-state index contributed by atoms with van der Waals surface area (Å²) in [4.78, 5) is 0. The van der Waals surface area contributed by atoms with Crippen LogP contribution >= 0.6 is 11.6 Å². The summed E-state index contributed by atoms with van der Waals surface area (Å²) in [6.07, 6.45) is 0. The van der Waals surface area contributed by atoms with E-state index in [1.54, 1.807) is 7.11 Å². The van der Waals surface area contributed by atoms with Crippen molar-refractivity contribution >= 4 is 11.6 Å². The van der Waals surface area contributed by atoms with Gasteiger partial charge in [0.25, 0.3) is 0 Å². The van der Waals surface area contributed by atoms with Crippen LogP contribution in [-0.4, -0.2) is 22.8 Å². The van der Waals surface area contributed by atoms with Crippen LogP contribution < -0.4 is 9.47 Å². The van der Waals surface area contributed by atoms with Crippen LogP contribution in [0.3, 0.4) is 0 Å². The van der Waals surface area contributed by atoms with Crippen LogP contribution in [0.4, 0.5) is 0 Å². The smallest absolute Gasteiger partial charge is 0.135 e. The molecule has 0 aliphatic carbocycles. The highest BCUT2D eigenvalue weighted by molar-refractivity contribution is 6.19. The normalized spacial score (nSPS) is 9.90. The minimum Gasteiger partial charge on any atom is -0.497 e. The Morgan fingerprint density at radius 3 is 2.76 bits per heavy atom. The van der Waals surface area contributed by atoms with Crippen molar-refractivity contribution < 1.29 is 9.47 Å². The minimum absolute atomic E-state index is 0.275. The lowest BCUT2D eigenvalue weighted by Gasteiger charge is -2.10. The maximum atomic E-state index is 5.85. The Morgan fingerprint density at radius 1 is 1.33 bits per heavy atom. The first kappa shape index (κ1) is 15.3. The molecule has 0 saturated heterocycles. The third-order valence-electron chi connectivity index (χ3n) is 2.95. The summed E-state index contributed by atoms with van der Waals surface area (Å²) in [7, 11) is 3.51. The molecule has 0 radical (unpaired) electrons. The molecule has 1 heterocycles. The predicted molar refractivity (Wildman–Crippen MR) is 82.9 cm³/mol. The van der Waals surface area contributed by atoms with Crippen molar-refractivity contribution in [3.8, 4) is 23.3 Å². The lowest BCUT2D eigenvalue weighted by molar-refractivity contribution is 0.293. The van der Waals surface area contributed by atoms with Crippen molar-refractivity contribution in [1.29, 1.82) is 0 Å². The summed E-state index contributed by atoms with van der Waals surface area (Å²) >= 11 is 5.62. The van der Waals surface area contributed by atoms with Gasteiger partial charge in [0, 0.05) is 7.05 Å². The zero-order valence-electron chi connectivity index (χ0n) is 12.3. The Labute approximate surface area is 129 Å². The lowest BCUT2D eigenvalue weighted by atomic mass is 10.2. The van der Waals surface area contributed by atoms with Gasteiger partial charge >= 0.3 is 0 Å². The molecule has 0 atom stereocenters. The summed E-state index contributed by atoms with van der Waals surface area (Å²) in [6.45, 7) is 2.38. The number of alkyl halides is 1. The standard InChI is InChI=1S/C16H17ClN2O2/c1-12-9-14(19(2)18-12)11-21-16-7-6-15(20-3)10-13(16)5-4-8-17/h6-7,9-10H,8,11H2,1-3H3. The van der Waals surface area contributed by atoms with Gasteiger partial charge in [-0.1, -0.05) is 11.8 Å². The molecule has 0 fully saturated rings. The minimum atomic E-state index is 0.275. The van der Waals surface area contributed by atoms with E-state index in [-0.39, 0.29) is 5.88 Å². The van der Waals surface area contributed by atoms with Crippen molar-refractivity contribution in [3.63, 3.8) is 0 Å². The molecule has 0 aliphatic rings. The number of nitrogens with zero attached hydrogens (tertiary/aromatic N) is 2. The Balaban J connectivity index is 2.20. The van der Waals surface area contributed by atoms with E-state index in [4.69, 9.17) is 21.1 Å². The number of ether oxygens (including phenoxy) is 2. The SMILES string of the molecule is COc1ccc(OCc2cc(C)nn2C)c(C#CCCl)c1. The number of benzene rings is 1. The van der Waals surface area contributed by atoms with Crippen molar-refractivity contribution in [2.45, 2.75) is 13.5 Å². The highest BCUT2D eigenvalue weighted by atomic mass is 35.5. The Morgan fingerprint density at radius 2 is 2.14 bits per heavy atom. The van der Waals surface area contributed by atoms with Crippen LogP contribution in [0.15, 0.2) is 24.3 Å².